The maximum Gasteiger partial charge on any atom is 0.456 e. The molecule has 0 fully saturated rings. The van der Waals surface area contributed by atoms with Gasteiger partial charge in [0, 0.05) is 7.11 Å². The van der Waals surface area contributed by atoms with E-state index in [1.165, 1.54) is 12.1 Å². The summed E-state index contributed by atoms with van der Waals surface area (Å²) < 4.78 is 54.5. The van der Waals surface area contributed by atoms with Crippen LogP contribution in [0.15, 0.2) is 0 Å². The zero-order chi connectivity index (χ0) is 13.3. The fourth-order valence-electron chi connectivity index (χ4n) is 1.03. The summed E-state index contributed by atoms with van der Waals surface area (Å²) >= 11 is 0. The van der Waals surface area contributed by atoms with Crippen molar-refractivity contribution >= 4 is 0 Å². The van der Waals surface area contributed by atoms with Crippen LogP contribution in [0.4, 0.5) is 17.6 Å². The van der Waals surface area contributed by atoms with Gasteiger partial charge in [-0.2, -0.15) is 28.1 Å². The zero-order valence-electron chi connectivity index (χ0n) is 8.26. The Labute approximate surface area is 92.2 Å². The second-order valence-electron chi connectivity index (χ2n) is 2.83. The topological polar surface area (TPSA) is 85.5 Å². The number of hydrogen-bond donors (Lipinski definition) is 1. The highest BCUT2D eigenvalue weighted by atomic mass is 19.4. The molecule has 0 saturated carbocycles. The van der Waals surface area contributed by atoms with E-state index in [4.69, 9.17) is 10.5 Å². The molecule has 1 aromatic heterocycles. The van der Waals surface area contributed by atoms with Gasteiger partial charge in [-0.1, -0.05) is 0 Å². The molecule has 1 rings (SSSR count). The molecule has 1 N–H and O–H groups in total. The first-order valence-electron chi connectivity index (χ1n) is 4.01. The highest BCUT2D eigenvalue weighted by Gasteiger charge is 2.61. The molecule has 0 amide bonds. The molecule has 1 heterocycles. The summed E-state index contributed by atoms with van der Waals surface area (Å²) in [5.74, 6) is -5.48. The third kappa shape index (κ3) is 1.92. The minimum atomic E-state index is -5.39. The van der Waals surface area contributed by atoms with Gasteiger partial charge in [0.1, 0.15) is 12.1 Å². The Morgan fingerprint density at radius 1 is 1.24 bits per heavy atom. The van der Waals surface area contributed by atoms with Crippen molar-refractivity contribution in [3.8, 4) is 12.1 Å². The number of alkyl halides is 4. The maximum atomic E-state index is 13.6. The van der Waals surface area contributed by atoms with E-state index in [1.54, 1.807) is 4.98 Å². The number of ether oxygens (including phenoxy) is 1. The lowest BCUT2D eigenvalue weighted by molar-refractivity contribution is -0.336. The lowest BCUT2D eigenvalue weighted by Gasteiger charge is -2.23. The van der Waals surface area contributed by atoms with Gasteiger partial charge in [0.15, 0.2) is 17.2 Å². The van der Waals surface area contributed by atoms with E-state index in [-0.39, 0.29) is 0 Å². The van der Waals surface area contributed by atoms with Crippen LogP contribution in [0.5, 0.6) is 0 Å². The second kappa shape index (κ2) is 4.03. The van der Waals surface area contributed by atoms with E-state index in [2.05, 4.69) is 9.72 Å². The molecular formula is C8H4F4N4O. The van der Waals surface area contributed by atoms with Gasteiger partial charge in [-0.15, -0.1) is 0 Å². The molecule has 0 aromatic carbocycles. The van der Waals surface area contributed by atoms with Crippen LogP contribution in [0.25, 0.3) is 0 Å². The van der Waals surface area contributed by atoms with Crippen molar-refractivity contribution < 1.29 is 22.3 Å². The standard InChI is InChI=1S/C8H4F4N4O/c1-17-7(9,8(10,11)12)6-15-4(2-13)5(3-14)16-6/h1H3,(H,15,16). The van der Waals surface area contributed by atoms with Crippen LogP contribution >= 0.6 is 0 Å². The highest BCUT2D eigenvalue weighted by Crippen LogP contribution is 2.41. The summed E-state index contributed by atoms with van der Waals surface area (Å²) in [6.07, 6.45) is -5.39. The summed E-state index contributed by atoms with van der Waals surface area (Å²) in [6, 6.07) is 2.74. The van der Waals surface area contributed by atoms with Gasteiger partial charge >= 0.3 is 12.0 Å². The lowest BCUT2D eigenvalue weighted by atomic mass is 10.3. The number of aromatic amines is 1. The largest absolute Gasteiger partial charge is 0.456 e. The van der Waals surface area contributed by atoms with Crippen molar-refractivity contribution in [2.24, 2.45) is 0 Å². The third-order valence-corrected chi connectivity index (χ3v) is 1.87. The van der Waals surface area contributed by atoms with E-state index in [0.29, 0.717) is 7.11 Å². The Morgan fingerprint density at radius 3 is 2.12 bits per heavy atom. The quantitative estimate of drug-likeness (QED) is 0.803. The van der Waals surface area contributed by atoms with Gasteiger partial charge in [-0.3, -0.25) is 0 Å². The molecule has 1 unspecified atom stereocenters. The van der Waals surface area contributed by atoms with Crippen molar-refractivity contribution in [3.05, 3.63) is 17.2 Å². The van der Waals surface area contributed by atoms with E-state index in [1.807, 2.05) is 0 Å². The van der Waals surface area contributed by atoms with Crippen LogP contribution in [-0.4, -0.2) is 23.3 Å². The second-order valence-corrected chi connectivity index (χ2v) is 2.83. The molecule has 1 aromatic rings. The Morgan fingerprint density at radius 2 is 1.82 bits per heavy atom. The first kappa shape index (κ1) is 12.9. The van der Waals surface area contributed by atoms with Gasteiger partial charge in [-0.25, -0.2) is 4.98 Å². The average Bonchev–Trinajstić information content (AvgIpc) is 2.69. The Balaban J connectivity index is 3.39. The molecule has 0 bridgehead atoms. The van der Waals surface area contributed by atoms with Crippen molar-refractivity contribution in [1.82, 2.24) is 9.97 Å². The number of imidazole rings is 1. The van der Waals surface area contributed by atoms with Gasteiger partial charge in [0.2, 0.25) is 0 Å². The molecule has 5 nitrogen and oxygen atoms in total. The molecular weight excluding hydrogens is 244 g/mol. The van der Waals surface area contributed by atoms with Crippen LogP contribution in [0, 0.1) is 22.7 Å². The van der Waals surface area contributed by atoms with Gasteiger partial charge < -0.3 is 9.72 Å². The van der Waals surface area contributed by atoms with Crippen molar-refractivity contribution in [2.45, 2.75) is 12.0 Å². The Kier molecular flexibility index (Phi) is 3.07. The molecule has 0 saturated heterocycles. The first-order chi connectivity index (χ1) is 7.80. The molecule has 0 aliphatic rings. The molecule has 9 heteroatoms. The fraction of sp³-hybridized carbons (Fsp3) is 0.375. The van der Waals surface area contributed by atoms with E-state index in [9.17, 15) is 17.6 Å². The minimum absolute atomic E-state index is 0.494. The lowest BCUT2D eigenvalue weighted by Crippen LogP contribution is -2.41. The molecule has 0 radical (unpaired) electrons. The number of aromatic nitrogens is 2. The highest BCUT2D eigenvalue weighted by molar-refractivity contribution is 5.37. The zero-order valence-corrected chi connectivity index (χ0v) is 8.26. The van der Waals surface area contributed by atoms with E-state index >= 15 is 0 Å². The molecule has 1 atom stereocenters. The summed E-state index contributed by atoms with van der Waals surface area (Å²) in [5.41, 5.74) is -1.20. The third-order valence-electron chi connectivity index (χ3n) is 1.87. The van der Waals surface area contributed by atoms with Crippen molar-refractivity contribution in [1.29, 1.82) is 10.5 Å². The van der Waals surface area contributed by atoms with E-state index in [0.717, 1.165) is 0 Å². The number of nitrogens with one attached hydrogen (secondary N) is 1. The summed E-state index contributed by atoms with van der Waals surface area (Å²) in [7, 11) is 0.494. The van der Waals surface area contributed by atoms with E-state index < -0.39 is 29.2 Å². The SMILES string of the molecule is COC(F)(c1nc(C#N)c(C#N)[nH]1)C(F)(F)F. The average molecular weight is 248 g/mol. The van der Waals surface area contributed by atoms with Crippen LogP contribution < -0.4 is 0 Å². The normalized spacial score (nSPS) is 14.8. The van der Waals surface area contributed by atoms with Crippen LogP contribution in [0.3, 0.4) is 0 Å². The fourth-order valence-corrected chi connectivity index (χ4v) is 1.03. The Bertz CT molecular complexity index is 478. The van der Waals surface area contributed by atoms with Crippen LogP contribution in [-0.2, 0) is 10.6 Å². The minimum Gasteiger partial charge on any atom is -0.336 e. The van der Waals surface area contributed by atoms with Crippen LogP contribution in [0.2, 0.25) is 0 Å². The summed E-state index contributed by atoms with van der Waals surface area (Å²) in [4.78, 5) is 4.82. The molecule has 17 heavy (non-hydrogen) atoms. The predicted octanol–water partition coefficient (Wildman–Crippen LogP) is 1.48. The number of rotatable bonds is 2. The monoisotopic (exact) mass is 248 g/mol. The number of nitrogens with zero attached hydrogens (tertiary/aromatic N) is 3. The number of methoxy groups -OCH3 is 1. The molecule has 90 valence electrons. The predicted molar refractivity (Wildman–Crippen MR) is 43.9 cm³/mol. The summed E-state index contributed by atoms with van der Waals surface area (Å²) in [5, 5.41) is 17.0. The molecule has 0 spiro atoms. The number of halogens is 4. The maximum absolute atomic E-state index is 13.6. The van der Waals surface area contributed by atoms with Crippen molar-refractivity contribution in [3.63, 3.8) is 0 Å². The Hall–Kier alpha value is -2.13. The van der Waals surface area contributed by atoms with Gasteiger partial charge in [0.25, 0.3) is 0 Å². The number of hydrogen-bond acceptors (Lipinski definition) is 4. The summed E-state index contributed by atoms with van der Waals surface area (Å²) in [6.45, 7) is 0. The molecule has 0 aliphatic heterocycles. The smallest absolute Gasteiger partial charge is 0.336 e. The van der Waals surface area contributed by atoms with Crippen molar-refractivity contribution in [2.75, 3.05) is 7.11 Å². The van der Waals surface area contributed by atoms with Gasteiger partial charge in [-0.05, 0) is 0 Å². The number of H-pyrrole nitrogens is 1. The first-order valence-corrected chi connectivity index (χ1v) is 4.01. The molecule has 0 aliphatic carbocycles. The number of nitriles is 2. The van der Waals surface area contributed by atoms with Crippen LogP contribution in [0.1, 0.15) is 17.2 Å². The van der Waals surface area contributed by atoms with Gasteiger partial charge in [0.05, 0.1) is 0 Å².